The van der Waals surface area contributed by atoms with Gasteiger partial charge in [0.15, 0.2) is 22.9 Å². The third-order valence-electron chi connectivity index (χ3n) is 4.87. The molecule has 0 saturated carbocycles. The number of anilines is 1. The molecule has 0 atom stereocenters. The van der Waals surface area contributed by atoms with Crippen molar-refractivity contribution in [3.63, 3.8) is 0 Å². The molecule has 0 saturated heterocycles. The minimum absolute atomic E-state index is 0.0318. The van der Waals surface area contributed by atoms with Crippen LogP contribution in [0.15, 0.2) is 65.1 Å². The second-order valence-corrected chi connectivity index (χ2v) is 7.75. The number of nitrogens with one attached hydrogen (secondary N) is 1. The number of carbonyl (C=O) groups is 2. The number of furan rings is 1. The second-order valence-electron chi connectivity index (χ2n) is 6.93. The van der Waals surface area contributed by atoms with Gasteiger partial charge in [0, 0.05) is 33.1 Å². The Labute approximate surface area is 192 Å². The van der Waals surface area contributed by atoms with Gasteiger partial charge in [-0.3, -0.25) is 9.59 Å². The standard InChI is InChI=1S/C24H16Cl2FNO4/c1-31-21-9-8-15(20(29)11-17-18(25)6-3-7-19(17)26)16-12-22(32-23(16)21)24(30)28-14-5-2-4-13(27)10-14/h2-10,12H,11H2,1H3,(H,28,30). The van der Waals surface area contributed by atoms with E-state index in [1.54, 1.807) is 36.4 Å². The average Bonchev–Trinajstić information content (AvgIpc) is 3.21. The number of rotatable bonds is 6. The first-order valence-corrected chi connectivity index (χ1v) is 10.3. The molecule has 0 unspecified atom stereocenters. The molecule has 1 aromatic heterocycles. The zero-order valence-corrected chi connectivity index (χ0v) is 18.3. The molecule has 0 aliphatic heterocycles. The molecule has 0 radical (unpaired) electrons. The van der Waals surface area contributed by atoms with Crippen LogP contribution in [0.2, 0.25) is 10.0 Å². The van der Waals surface area contributed by atoms with E-state index in [1.165, 1.54) is 31.4 Å². The maximum Gasteiger partial charge on any atom is 0.291 e. The molecule has 0 aliphatic carbocycles. The van der Waals surface area contributed by atoms with Crippen molar-refractivity contribution < 1.29 is 23.1 Å². The number of Topliss-reactive ketones (excluding diaryl/α,β-unsaturated/α-hetero) is 1. The maximum absolute atomic E-state index is 13.4. The molecule has 8 heteroatoms. The molecule has 32 heavy (non-hydrogen) atoms. The molecule has 162 valence electrons. The van der Waals surface area contributed by atoms with Crippen molar-refractivity contribution in [2.75, 3.05) is 12.4 Å². The first-order valence-electron chi connectivity index (χ1n) is 9.51. The number of carbonyl (C=O) groups excluding carboxylic acids is 2. The molecular weight excluding hydrogens is 456 g/mol. The van der Waals surface area contributed by atoms with Crippen molar-refractivity contribution in [1.82, 2.24) is 0 Å². The van der Waals surface area contributed by atoms with Crippen LogP contribution in [0, 0.1) is 5.82 Å². The van der Waals surface area contributed by atoms with Crippen molar-refractivity contribution in [2.24, 2.45) is 0 Å². The summed E-state index contributed by atoms with van der Waals surface area (Å²) in [6.45, 7) is 0. The van der Waals surface area contributed by atoms with E-state index in [0.717, 1.165) is 0 Å². The Morgan fingerprint density at radius 1 is 1.03 bits per heavy atom. The summed E-state index contributed by atoms with van der Waals surface area (Å²) in [5.41, 5.74) is 1.35. The number of halogens is 3. The predicted molar refractivity (Wildman–Crippen MR) is 122 cm³/mol. The van der Waals surface area contributed by atoms with Crippen LogP contribution in [-0.2, 0) is 6.42 Å². The lowest BCUT2D eigenvalue weighted by molar-refractivity contribution is 0.0988. The van der Waals surface area contributed by atoms with Crippen molar-refractivity contribution in [3.8, 4) is 5.75 Å². The van der Waals surface area contributed by atoms with Crippen LogP contribution in [-0.4, -0.2) is 18.8 Å². The number of hydrogen-bond acceptors (Lipinski definition) is 4. The van der Waals surface area contributed by atoms with Gasteiger partial charge < -0.3 is 14.5 Å². The fourth-order valence-electron chi connectivity index (χ4n) is 3.33. The van der Waals surface area contributed by atoms with E-state index in [2.05, 4.69) is 5.32 Å². The Hall–Kier alpha value is -3.35. The molecule has 3 aromatic carbocycles. The summed E-state index contributed by atoms with van der Waals surface area (Å²) in [6, 6.07) is 15.1. The smallest absolute Gasteiger partial charge is 0.291 e. The van der Waals surface area contributed by atoms with Gasteiger partial charge in [0.1, 0.15) is 5.82 Å². The molecule has 0 aliphatic rings. The van der Waals surface area contributed by atoms with E-state index in [-0.39, 0.29) is 29.2 Å². The zero-order chi connectivity index (χ0) is 22.8. The van der Waals surface area contributed by atoms with Crippen LogP contribution < -0.4 is 10.1 Å². The number of methoxy groups -OCH3 is 1. The van der Waals surface area contributed by atoms with E-state index >= 15 is 0 Å². The summed E-state index contributed by atoms with van der Waals surface area (Å²) in [5.74, 6) is -1.04. The van der Waals surface area contributed by atoms with Crippen LogP contribution >= 0.6 is 23.2 Å². The Kier molecular flexibility index (Phi) is 6.17. The number of hydrogen-bond donors (Lipinski definition) is 1. The summed E-state index contributed by atoms with van der Waals surface area (Å²) >= 11 is 12.4. The molecule has 0 spiro atoms. The Morgan fingerprint density at radius 3 is 2.44 bits per heavy atom. The van der Waals surface area contributed by atoms with Gasteiger partial charge in [0.05, 0.1) is 7.11 Å². The summed E-state index contributed by atoms with van der Waals surface area (Å²) in [7, 11) is 1.45. The summed E-state index contributed by atoms with van der Waals surface area (Å²) in [6.07, 6.45) is -0.0318. The highest BCUT2D eigenvalue weighted by Gasteiger charge is 2.22. The molecule has 4 rings (SSSR count). The molecule has 5 nitrogen and oxygen atoms in total. The molecule has 1 N–H and O–H groups in total. The van der Waals surface area contributed by atoms with Gasteiger partial charge in [-0.15, -0.1) is 0 Å². The number of ketones is 1. The Balaban J connectivity index is 1.70. The average molecular weight is 472 g/mol. The number of amides is 1. The van der Waals surface area contributed by atoms with Gasteiger partial charge in [-0.1, -0.05) is 35.3 Å². The Morgan fingerprint density at radius 2 is 1.75 bits per heavy atom. The fourth-order valence-corrected chi connectivity index (χ4v) is 3.86. The maximum atomic E-state index is 13.4. The summed E-state index contributed by atoms with van der Waals surface area (Å²) in [4.78, 5) is 25.8. The van der Waals surface area contributed by atoms with E-state index in [9.17, 15) is 14.0 Å². The SMILES string of the molecule is COc1ccc(C(=O)Cc2c(Cl)cccc2Cl)c2cc(C(=O)Nc3cccc(F)c3)oc12. The van der Waals surface area contributed by atoms with Crippen LogP contribution in [0.1, 0.15) is 26.5 Å². The van der Waals surface area contributed by atoms with E-state index in [1.807, 2.05) is 0 Å². The molecular formula is C24H16Cl2FNO4. The topological polar surface area (TPSA) is 68.5 Å². The normalized spacial score (nSPS) is 10.9. The van der Waals surface area contributed by atoms with Crippen molar-refractivity contribution >= 4 is 51.5 Å². The van der Waals surface area contributed by atoms with Crippen LogP contribution in [0.25, 0.3) is 11.0 Å². The van der Waals surface area contributed by atoms with E-state index in [0.29, 0.717) is 32.3 Å². The predicted octanol–water partition coefficient (Wildman–Crippen LogP) is 6.57. The zero-order valence-electron chi connectivity index (χ0n) is 16.7. The van der Waals surface area contributed by atoms with Gasteiger partial charge in [0.2, 0.25) is 0 Å². The van der Waals surface area contributed by atoms with Gasteiger partial charge in [-0.25, -0.2) is 4.39 Å². The van der Waals surface area contributed by atoms with E-state index < -0.39 is 11.7 Å². The highest BCUT2D eigenvalue weighted by Crippen LogP contribution is 2.34. The molecule has 4 aromatic rings. The molecule has 1 heterocycles. The van der Waals surface area contributed by atoms with Gasteiger partial charge >= 0.3 is 0 Å². The highest BCUT2D eigenvalue weighted by molar-refractivity contribution is 6.36. The van der Waals surface area contributed by atoms with Gasteiger partial charge in [-0.2, -0.15) is 0 Å². The van der Waals surface area contributed by atoms with Crippen LogP contribution in [0.4, 0.5) is 10.1 Å². The Bertz CT molecular complexity index is 1330. The fraction of sp³-hybridized carbons (Fsp3) is 0.0833. The van der Waals surface area contributed by atoms with Gasteiger partial charge in [0.25, 0.3) is 5.91 Å². The lowest BCUT2D eigenvalue weighted by atomic mass is 9.99. The van der Waals surface area contributed by atoms with Gasteiger partial charge in [-0.05, 0) is 54.1 Å². The third-order valence-corrected chi connectivity index (χ3v) is 5.58. The molecule has 0 bridgehead atoms. The van der Waals surface area contributed by atoms with Crippen molar-refractivity contribution in [3.05, 3.63) is 93.4 Å². The highest BCUT2D eigenvalue weighted by atomic mass is 35.5. The number of ether oxygens (including phenoxy) is 1. The van der Waals surface area contributed by atoms with Crippen molar-refractivity contribution in [2.45, 2.75) is 6.42 Å². The minimum atomic E-state index is -0.596. The minimum Gasteiger partial charge on any atom is -0.493 e. The second kappa shape index (κ2) is 9.02. The van der Waals surface area contributed by atoms with Crippen LogP contribution in [0.3, 0.4) is 0 Å². The lowest BCUT2D eigenvalue weighted by Gasteiger charge is -2.08. The number of benzene rings is 3. The molecule has 1 amide bonds. The summed E-state index contributed by atoms with van der Waals surface area (Å²) < 4.78 is 24.4. The first-order chi connectivity index (χ1) is 15.4. The van der Waals surface area contributed by atoms with Crippen molar-refractivity contribution in [1.29, 1.82) is 0 Å². The lowest BCUT2D eigenvalue weighted by Crippen LogP contribution is -2.10. The van der Waals surface area contributed by atoms with E-state index in [4.69, 9.17) is 32.4 Å². The van der Waals surface area contributed by atoms with Crippen LogP contribution in [0.5, 0.6) is 5.75 Å². The number of fused-ring (bicyclic) bond motifs is 1. The monoisotopic (exact) mass is 471 g/mol. The first kappa shape index (κ1) is 21.9. The molecule has 0 fully saturated rings. The largest absolute Gasteiger partial charge is 0.493 e. The quantitative estimate of drug-likeness (QED) is 0.323. The summed E-state index contributed by atoms with van der Waals surface area (Å²) in [5, 5.41) is 3.75. The third kappa shape index (κ3) is 4.33.